The van der Waals surface area contributed by atoms with E-state index in [-0.39, 0.29) is 12.0 Å². The fourth-order valence-electron chi connectivity index (χ4n) is 3.88. The molecule has 162 valence electrons. The molecule has 2 N–H and O–H groups in total. The molecule has 0 aliphatic carbocycles. The van der Waals surface area contributed by atoms with Crippen LogP contribution < -0.4 is 10.2 Å². The van der Waals surface area contributed by atoms with Crippen molar-refractivity contribution in [2.24, 2.45) is 0 Å². The number of hydrogen-bond donors (Lipinski definition) is 2. The summed E-state index contributed by atoms with van der Waals surface area (Å²) in [6, 6.07) is 17.7. The zero-order valence-corrected chi connectivity index (χ0v) is 18.3. The van der Waals surface area contributed by atoms with Gasteiger partial charge in [0.25, 0.3) is 5.91 Å². The van der Waals surface area contributed by atoms with Crippen LogP contribution in [0.5, 0.6) is 0 Å². The fourth-order valence-corrected chi connectivity index (χ4v) is 4.50. The van der Waals surface area contributed by atoms with E-state index in [0.29, 0.717) is 23.5 Å². The predicted molar refractivity (Wildman–Crippen MR) is 126 cm³/mol. The molecule has 4 rings (SSSR count). The van der Waals surface area contributed by atoms with Crippen molar-refractivity contribution >= 4 is 28.7 Å². The zero-order chi connectivity index (χ0) is 21.5. The van der Waals surface area contributed by atoms with Gasteiger partial charge in [0.1, 0.15) is 5.82 Å². The Kier molecular flexibility index (Phi) is 7.30. The van der Waals surface area contributed by atoms with E-state index >= 15 is 0 Å². The lowest BCUT2D eigenvalue weighted by molar-refractivity contribution is 0.103. The molecule has 1 amide bonds. The highest BCUT2D eigenvalue weighted by Gasteiger charge is 2.18. The summed E-state index contributed by atoms with van der Waals surface area (Å²) in [5.41, 5.74) is 1.87. The topological polar surface area (TPSA) is 68.7 Å². The minimum Gasteiger partial charge on any atom is -0.391 e. The lowest BCUT2D eigenvalue weighted by Crippen LogP contribution is -2.36. The van der Waals surface area contributed by atoms with Crippen molar-refractivity contribution in [3.8, 4) is 0 Å². The van der Waals surface area contributed by atoms with E-state index in [0.717, 1.165) is 38.4 Å². The van der Waals surface area contributed by atoms with Gasteiger partial charge in [-0.3, -0.25) is 9.69 Å². The maximum atomic E-state index is 12.2. The highest BCUT2D eigenvalue weighted by molar-refractivity contribution is 7.12. The largest absolute Gasteiger partial charge is 0.391 e. The number of aliphatic hydroxyl groups is 1. The Balaban J connectivity index is 1.27. The maximum absolute atomic E-state index is 12.2. The van der Waals surface area contributed by atoms with Gasteiger partial charge in [0.05, 0.1) is 22.9 Å². The summed E-state index contributed by atoms with van der Waals surface area (Å²) in [4.78, 5) is 22.0. The van der Waals surface area contributed by atoms with Gasteiger partial charge in [0.15, 0.2) is 0 Å². The van der Waals surface area contributed by atoms with Crippen molar-refractivity contribution in [1.29, 1.82) is 0 Å². The van der Waals surface area contributed by atoms with Crippen molar-refractivity contribution in [3.63, 3.8) is 0 Å². The number of anilines is 2. The van der Waals surface area contributed by atoms with E-state index in [9.17, 15) is 9.90 Å². The number of thiophene rings is 1. The second-order valence-corrected chi connectivity index (χ2v) is 8.77. The van der Waals surface area contributed by atoms with Crippen LogP contribution in [0.4, 0.5) is 11.5 Å². The molecular formula is C24H28N4O2S. The normalized spacial score (nSPS) is 16.0. The molecule has 3 aromatic rings. The molecule has 31 heavy (non-hydrogen) atoms. The third kappa shape index (κ3) is 6.13. The molecule has 0 radical (unpaired) electrons. The molecule has 6 nitrogen and oxygen atoms in total. The van der Waals surface area contributed by atoms with E-state index in [4.69, 9.17) is 0 Å². The fraction of sp³-hybridized carbons (Fsp3) is 0.333. The minimum absolute atomic E-state index is 0.107. The van der Waals surface area contributed by atoms with Gasteiger partial charge in [-0.1, -0.05) is 36.4 Å². The van der Waals surface area contributed by atoms with Crippen LogP contribution in [0.25, 0.3) is 0 Å². The highest BCUT2D eigenvalue weighted by Crippen LogP contribution is 2.18. The Morgan fingerprint density at radius 3 is 2.68 bits per heavy atom. The van der Waals surface area contributed by atoms with Crippen LogP contribution in [0.2, 0.25) is 0 Å². The number of β-amino-alcohol motifs (C(OH)–C–C–N with tert-alkyl or cyclic N) is 1. The van der Waals surface area contributed by atoms with Gasteiger partial charge in [-0.15, -0.1) is 11.3 Å². The Labute approximate surface area is 187 Å². The van der Waals surface area contributed by atoms with E-state index in [1.165, 1.54) is 16.9 Å². The number of aliphatic hydroxyl groups excluding tert-OH is 1. The Hall–Kier alpha value is -2.74. The summed E-state index contributed by atoms with van der Waals surface area (Å²) < 4.78 is 0. The first-order valence-electron chi connectivity index (χ1n) is 10.7. The molecule has 1 fully saturated rings. The third-order valence-corrected chi connectivity index (χ3v) is 6.31. The van der Waals surface area contributed by atoms with Crippen LogP contribution in [0.1, 0.15) is 21.7 Å². The molecule has 1 unspecified atom stereocenters. The molecule has 1 saturated heterocycles. The van der Waals surface area contributed by atoms with Crippen molar-refractivity contribution in [1.82, 2.24) is 9.88 Å². The molecule has 2 aromatic heterocycles. The van der Waals surface area contributed by atoms with Gasteiger partial charge >= 0.3 is 0 Å². The Bertz CT molecular complexity index is 947. The van der Waals surface area contributed by atoms with Gasteiger partial charge < -0.3 is 15.3 Å². The summed E-state index contributed by atoms with van der Waals surface area (Å²) in [6.07, 6.45) is 3.06. The smallest absolute Gasteiger partial charge is 0.265 e. The van der Waals surface area contributed by atoms with E-state index in [1.54, 1.807) is 6.20 Å². The number of hydrogen-bond acceptors (Lipinski definition) is 6. The van der Waals surface area contributed by atoms with E-state index in [1.807, 2.05) is 47.8 Å². The lowest BCUT2D eigenvalue weighted by atomic mass is 10.1. The number of amides is 1. The molecule has 0 spiro atoms. The first-order chi connectivity index (χ1) is 15.2. The van der Waals surface area contributed by atoms with Gasteiger partial charge in [-0.2, -0.15) is 0 Å². The minimum atomic E-state index is -0.363. The number of carbonyl (C=O) groups is 1. The second kappa shape index (κ2) is 10.5. The Morgan fingerprint density at radius 2 is 1.94 bits per heavy atom. The van der Waals surface area contributed by atoms with Gasteiger partial charge in [0.2, 0.25) is 0 Å². The van der Waals surface area contributed by atoms with Crippen molar-refractivity contribution < 1.29 is 9.90 Å². The van der Waals surface area contributed by atoms with Crippen molar-refractivity contribution in [2.45, 2.75) is 18.9 Å². The SMILES string of the molecule is O=C(Nc1ccc(N2CCCN(CC(O)Cc3ccccc3)CC2)nc1)c1cccs1. The summed E-state index contributed by atoms with van der Waals surface area (Å²) in [7, 11) is 0. The summed E-state index contributed by atoms with van der Waals surface area (Å²) >= 11 is 1.42. The number of benzene rings is 1. The molecule has 1 aliphatic heterocycles. The summed E-state index contributed by atoms with van der Waals surface area (Å²) in [5, 5.41) is 15.3. The van der Waals surface area contributed by atoms with Crippen molar-refractivity contribution in [3.05, 3.63) is 76.6 Å². The molecule has 0 bridgehead atoms. The van der Waals surface area contributed by atoms with Crippen LogP contribution >= 0.6 is 11.3 Å². The highest BCUT2D eigenvalue weighted by atomic mass is 32.1. The number of nitrogens with one attached hydrogen (secondary N) is 1. The van der Waals surface area contributed by atoms with Crippen LogP contribution in [-0.2, 0) is 6.42 Å². The molecule has 3 heterocycles. The van der Waals surface area contributed by atoms with Gasteiger partial charge in [0, 0.05) is 26.2 Å². The number of aromatic nitrogens is 1. The van der Waals surface area contributed by atoms with Crippen LogP contribution in [0.15, 0.2) is 66.2 Å². The predicted octanol–water partition coefficient (Wildman–Crippen LogP) is 3.51. The molecule has 1 aliphatic rings. The molecule has 1 aromatic carbocycles. The van der Waals surface area contributed by atoms with Crippen molar-refractivity contribution in [2.75, 3.05) is 42.9 Å². The van der Waals surface area contributed by atoms with E-state index < -0.39 is 0 Å². The van der Waals surface area contributed by atoms with Crippen LogP contribution in [0.3, 0.4) is 0 Å². The van der Waals surface area contributed by atoms with Crippen LogP contribution in [-0.4, -0.2) is 59.7 Å². The maximum Gasteiger partial charge on any atom is 0.265 e. The first kappa shape index (κ1) is 21.5. The van der Waals surface area contributed by atoms with Crippen LogP contribution in [0, 0.1) is 0 Å². The first-order valence-corrected chi connectivity index (χ1v) is 11.6. The monoisotopic (exact) mass is 436 g/mol. The second-order valence-electron chi connectivity index (χ2n) is 7.82. The zero-order valence-electron chi connectivity index (χ0n) is 17.5. The molecule has 1 atom stereocenters. The molecule has 0 saturated carbocycles. The lowest BCUT2D eigenvalue weighted by Gasteiger charge is -2.24. The molecular weight excluding hydrogens is 408 g/mol. The molecule has 7 heteroatoms. The number of pyridine rings is 1. The Morgan fingerprint density at radius 1 is 1.06 bits per heavy atom. The average Bonchev–Trinajstić information content (AvgIpc) is 3.23. The summed E-state index contributed by atoms with van der Waals surface area (Å²) in [5.74, 6) is 0.810. The average molecular weight is 437 g/mol. The quantitative estimate of drug-likeness (QED) is 0.593. The van der Waals surface area contributed by atoms with E-state index in [2.05, 4.69) is 32.2 Å². The summed E-state index contributed by atoms with van der Waals surface area (Å²) in [6.45, 7) is 4.34. The third-order valence-electron chi connectivity index (χ3n) is 5.45. The number of carbonyl (C=O) groups excluding carboxylic acids is 1. The number of rotatable bonds is 7. The van der Waals surface area contributed by atoms with Gasteiger partial charge in [-0.05, 0) is 48.5 Å². The number of nitrogens with zero attached hydrogens (tertiary/aromatic N) is 3. The standard InChI is InChI=1S/C24H28N4O2S/c29-21(16-19-6-2-1-3-7-19)18-27-11-5-12-28(14-13-27)23-10-9-20(17-25-23)26-24(30)22-8-4-15-31-22/h1-4,6-10,15,17,21,29H,5,11-14,16,18H2,(H,26,30). The van der Waals surface area contributed by atoms with Gasteiger partial charge in [-0.25, -0.2) is 4.98 Å².